The molecule has 7 N–H and O–H groups in total. The maximum absolute atomic E-state index is 12.4. The van der Waals surface area contributed by atoms with Crippen molar-refractivity contribution in [3.05, 3.63) is 60.7 Å². The Hall–Kier alpha value is -4.42. The first-order valence-corrected chi connectivity index (χ1v) is 18.1. The van der Waals surface area contributed by atoms with Gasteiger partial charge in [-0.05, 0) is 60.7 Å². The maximum atomic E-state index is 12.4. The standard InChI is InChI=1S/C24H21N5O13S4/c25-18-7-6-16-17(22(18)28-26-13-1-3-14(4-2-13)43(32,33)10-9-30)12-21(46(40,41)42)23(24(16)31)29-27-19-11-15(44(34,35)36)5-8-20(19)45(37,38)39/h1-8,11-12,30-31H,9-10,25H2,(H,34,35,36)(H,37,38,39)(H,40,41,42). The number of phenols is 1. The number of hydrogen-bond acceptors (Lipinski definition) is 15. The minimum atomic E-state index is -5.25. The van der Waals surface area contributed by atoms with Crippen molar-refractivity contribution < 1.29 is 57.5 Å². The van der Waals surface area contributed by atoms with Crippen LogP contribution in [0.1, 0.15) is 0 Å². The second kappa shape index (κ2) is 12.4. The van der Waals surface area contributed by atoms with Crippen LogP contribution >= 0.6 is 0 Å². The summed E-state index contributed by atoms with van der Waals surface area (Å²) in [5.41, 5.74) is 3.96. The summed E-state index contributed by atoms with van der Waals surface area (Å²) in [6.07, 6.45) is 0. The van der Waals surface area contributed by atoms with Crippen LogP contribution in [-0.4, -0.2) is 69.9 Å². The fourth-order valence-corrected chi connectivity index (χ4v) is 6.73. The molecule has 0 saturated carbocycles. The maximum Gasteiger partial charge on any atom is 0.296 e. The van der Waals surface area contributed by atoms with Crippen molar-refractivity contribution in [2.24, 2.45) is 20.5 Å². The summed E-state index contributed by atoms with van der Waals surface area (Å²) in [4.78, 5) is -3.07. The molecular weight excluding hydrogens is 695 g/mol. The van der Waals surface area contributed by atoms with Gasteiger partial charge in [-0.1, -0.05) is 0 Å². The fourth-order valence-electron chi connectivity index (χ4n) is 3.95. The molecule has 0 aliphatic rings. The van der Waals surface area contributed by atoms with Gasteiger partial charge in [0, 0.05) is 10.8 Å². The third-order valence-electron chi connectivity index (χ3n) is 6.10. The second-order valence-electron chi connectivity index (χ2n) is 9.16. The Morgan fingerprint density at radius 1 is 0.609 bits per heavy atom. The molecule has 0 unspecified atom stereocenters. The van der Waals surface area contributed by atoms with E-state index in [9.17, 15) is 52.4 Å². The number of benzene rings is 4. The van der Waals surface area contributed by atoms with Gasteiger partial charge in [0.25, 0.3) is 30.4 Å². The minimum Gasteiger partial charge on any atom is -0.505 e. The zero-order chi connectivity index (χ0) is 34.2. The van der Waals surface area contributed by atoms with Crippen LogP contribution in [0.25, 0.3) is 10.8 Å². The Kier molecular flexibility index (Phi) is 9.29. The molecule has 4 aromatic carbocycles. The molecule has 0 aromatic heterocycles. The molecule has 0 radical (unpaired) electrons. The minimum absolute atomic E-state index is 0.0896. The van der Waals surface area contributed by atoms with Gasteiger partial charge in [-0.3, -0.25) is 13.7 Å². The van der Waals surface area contributed by atoms with Gasteiger partial charge >= 0.3 is 0 Å². The van der Waals surface area contributed by atoms with Crippen molar-refractivity contribution in [1.82, 2.24) is 0 Å². The lowest BCUT2D eigenvalue weighted by atomic mass is 10.1. The van der Waals surface area contributed by atoms with Crippen LogP contribution in [0.15, 0.2) is 101 Å². The van der Waals surface area contributed by atoms with Crippen molar-refractivity contribution in [2.75, 3.05) is 18.1 Å². The van der Waals surface area contributed by atoms with Gasteiger partial charge in [-0.15, -0.1) is 15.3 Å². The Morgan fingerprint density at radius 2 is 1.20 bits per heavy atom. The zero-order valence-electron chi connectivity index (χ0n) is 22.7. The summed E-state index contributed by atoms with van der Waals surface area (Å²) >= 11 is 0. The van der Waals surface area contributed by atoms with Gasteiger partial charge in [0.05, 0.1) is 33.5 Å². The van der Waals surface area contributed by atoms with E-state index in [0.717, 1.165) is 6.07 Å². The normalized spacial score (nSPS) is 13.2. The lowest BCUT2D eigenvalue weighted by molar-refractivity contribution is 0.319. The molecule has 244 valence electrons. The number of anilines is 1. The van der Waals surface area contributed by atoms with Crippen LogP contribution < -0.4 is 5.73 Å². The highest BCUT2D eigenvalue weighted by atomic mass is 32.2. The number of azo groups is 2. The van der Waals surface area contributed by atoms with E-state index in [4.69, 9.17) is 10.8 Å². The molecular formula is C24H21N5O13S4. The van der Waals surface area contributed by atoms with E-state index in [0.29, 0.717) is 18.2 Å². The summed E-state index contributed by atoms with van der Waals surface area (Å²) in [5, 5.41) is 34.5. The second-order valence-corrected chi connectivity index (χ2v) is 15.5. The van der Waals surface area contributed by atoms with Crippen LogP contribution in [0.3, 0.4) is 0 Å². The molecule has 46 heavy (non-hydrogen) atoms. The SMILES string of the molecule is Nc1ccc2c(O)c(N=Nc3cc(S(=O)(=O)O)ccc3S(=O)(=O)O)c(S(=O)(=O)O)cc2c1N=Nc1ccc(S(=O)(=O)CCO)cc1. The first kappa shape index (κ1) is 34.5. The predicted octanol–water partition coefficient (Wildman–Crippen LogP) is 3.46. The first-order chi connectivity index (χ1) is 21.2. The van der Waals surface area contributed by atoms with Crippen LogP contribution in [0.4, 0.5) is 28.4 Å². The highest BCUT2D eigenvalue weighted by Crippen LogP contribution is 2.46. The summed E-state index contributed by atoms with van der Waals surface area (Å²) < 4.78 is 124. The van der Waals surface area contributed by atoms with Gasteiger partial charge < -0.3 is 15.9 Å². The topological polar surface area (TPSA) is 313 Å². The van der Waals surface area contributed by atoms with Crippen molar-refractivity contribution in [1.29, 1.82) is 0 Å². The number of rotatable bonds is 10. The average Bonchev–Trinajstić information content (AvgIpc) is 2.94. The number of nitrogens with two attached hydrogens (primary N) is 1. The van der Waals surface area contributed by atoms with E-state index in [2.05, 4.69) is 20.5 Å². The highest BCUT2D eigenvalue weighted by molar-refractivity contribution is 7.91. The Labute approximate surface area is 260 Å². The molecule has 0 spiro atoms. The smallest absolute Gasteiger partial charge is 0.296 e. The van der Waals surface area contributed by atoms with Crippen LogP contribution in [0.5, 0.6) is 5.75 Å². The number of sulfone groups is 1. The molecule has 0 bridgehead atoms. The van der Waals surface area contributed by atoms with Gasteiger partial charge in [0.15, 0.2) is 15.6 Å². The molecule has 4 aromatic rings. The predicted molar refractivity (Wildman–Crippen MR) is 160 cm³/mol. The van der Waals surface area contributed by atoms with Crippen LogP contribution in [0.2, 0.25) is 0 Å². The number of phenolic OH excluding ortho intramolecular Hbond substituents is 1. The quantitative estimate of drug-likeness (QED) is 0.0778. The Balaban J connectivity index is 1.89. The first-order valence-electron chi connectivity index (χ1n) is 12.2. The van der Waals surface area contributed by atoms with Crippen molar-refractivity contribution in [3.63, 3.8) is 0 Å². The number of nitrogen functional groups attached to an aromatic ring is 1. The Bertz CT molecular complexity index is 2380. The van der Waals surface area contributed by atoms with Crippen molar-refractivity contribution in [3.8, 4) is 5.75 Å². The number of aliphatic hydroxyl groups is 1. The molecule has 18 nitrogen and oxygen atoms in total. The van der Waals surface area contributed by atoms with Gasteiger partial charge in [-0.25, -0.2) is 8.42 Å². The zero-order valence-corrected chi connectivity index (χ0v) is 26.0. The number of nitrogens with zero attached hydrogens (tertiary/aromatic N) is 4. The molecule has 0 saturated heterocycles. The van der Waals surface area contributed by atoms with Gasteiger partial charge in [-0.2, -0.15) is 30.4 Å². The van der Waals surface area contributed by atoms with E-state index in [1.165, 1.54) is 36.4 Å². The molecule has 0 fully saturated rings. The lowest BCUT2D eigenvalue weighted by Gasteiger charge is -2.12. The van der Waals surface area contributed by atoms with Crippen LogP contribution in [0, 0.1) is 0 Å². The van der Waals surface area contributed by atoms with Crippen molar-refractivity contribution in [2.45, 2.75) is 19.6 Å². The third-order valence-corrected chi connectivity index (χ3v) is 10.4. The lowest BCUT2D eigenvalue weighted by Crippen LogP contribution is -2.09. The summed E-state index contributed by atoms with van der Waals surface area (Å²) in [5.74, 6) is -1.46. The molecule has 0 amide bonds. The van der Waals surface area contributed by atoms with E-state index in [-0.39, 0.29) is 32.7 Å². The van der Waals surface area contributed by atoms with E-state index >= 15 is 0 Å². The molecule has 0 atom stereocenters. The Morgan fingerprint density at radius 3 is 1.76 bits per heavy atom. The number of aromatic hydroxyl groups is 1. The molecule has 0 aliphatic carbocycles. The average molecular weight is 716 g/mol. The van der Waals surface area contributed by atoms with Crippen molar-refractivity contribution >= 4 is 79.4 Å². The molecule has 22 heteroatoms. The van der Waals surface area contributed by atoms with Gasteiger partial charge in [0.1, 0.15) is 26.9 Å². The van der Waals surface area contributed by atoms with Gasteiger partial charge in [0.2, 0.25) is 0 Å². The summed E-state index contributed by atoms with van der Waals surface area (Å²) in [6.45, 7) is -0.585. The van der Waals surface area contributed by atoms with E-state index in [1.807, 2.05) is 0 Å². The number of fused-ring (bicyclic) bond motifs is 1. The van der Waals surface area contributed by atoms with E-state index in [1.54, 1.807) is 0 Å². The van der Waals surface area contributed by atoms with Crippen LogP contribution in [-0.2, 0) is 40.2 Å². The summed E-state index contributed by atoms with van der Waals surface area (Å²) in [6, 6.07) is 9.90. The fraction of sp³-hybridized carbons (Fsp3) is 0.0833. The third kappa shape index (κ3) is 7.34. The molecule has 0 heterocycles. The van der Waals surface area contributed by atoms with E-state index < -0.39 is 84.4 Å². The summed E-state index contributed by atoms with van der Waals surface area (Å²) in [7, 11) is -19.0. The number of hydrogen-bond donors (Lipinski definition) is 6. The number of aliphatic hydroxyl groups excluding tert-OH is 1. The highest BCUT2D eigenvalue weighted by Gasteiger charge is 2.25. The largest absolute Gasteiger partial charge is 0.505 e. The molecule has 4 rings (SSSR count). The monoisotopic (exact) mass is 715 g/mol. The molecule has 0 aliphatic heterocycles.